The molecule has 0 radical (unpaired) electrons. The lowest BCUT2D eigenvalue weighted by Gasteiger charge is -2.37. The molecule has 0 saturated heterocycles. The van der Waals surface area contributed by atoms with Crippen LogP contribution in [0.4, 0.5) is 0 Å². The van der Waals surface area contributed by atoms with Gasteiger partial charge in [-0.25, -0.2) is 4.79 Å². The van der Waals surface area contributed by atoms with Crippen LogP contribution in [0.25, 0.3) is 0 Å². The minimum atomic E-state index is -0.311. The van der Waals surface area contributed by atoms with Crippen molar-refractivity contribution in [2.24, 2.45) is 23.7 Å². The Kier molecular flexibility index (Phi) is 4.40. The van der Waals surface area contributed by atoms with Gasteiger partial charge in [-0.1, -0.05) is 34.3 Å². The number of rotatable bonds is 4. The van der Waals surface area contributed by atoms with E-state index >= 15 is 0 Å². The van der Waals surface area contributed by atoms with Crippen molar-refractivity contribution in [3.8, 4) is 0 Å². The lowest BCUT2D eigenvalue weighted by atomic mass is 9.74. The van der Waals surface area contributed by atoms with Crippen molar-refractivity contribution in [1.82, 2.24) is 0 Å². The van der Waals surface area contributed by atoms with E-state index in [1.807, 2.05) is 0 Å². The van der Waals surface area contributed by atoms with Gasteiger partial charge in [-0.2, -0.15) is 0 Å². The van der Waals surface area contributed by atoms with Gasteiger partial charge in [0.15, 0.2) is 0 Å². The van der Waals surface area contributed by atoms with Crippen molar-refractivity contribution >= 4 is 5.97 Å². The van der Waals surface area contributed by atoms with Crippen molar-refractivity contribution in [2.75, 3.05) is 0 Å². The zero-order valence-corrected chi connectivity index (χ0v) is 11.8. The van der Waals surface area contributed by atoms with Crippen LogP contribution in [-0.4, -0.2) is 11.6 Å². The zero-order chi connectivity index (χ0) is 13.2. The van der Waals surface area contributed by atoms with Crippen molar-refractivity contribution in [3.63, 3.8) is 0 Å². The van der Waals surface area contributed by atoms with Gasteiger partial charge in [0, 0.05) is 12.0 Å². The minimum absolute atomic E-state index is 0.289. The highest BCUT2D eigenvalue weighted by molar-refractivity contribution is 5.81. The topological polar surface area (TPSA) is 26.3 Å². The molecule has 0 bridgehead atoms. The molecule has 1 aliphatic carbocycles. The third kappa shape index (κ3) is 2.91. The summed E-state index contributed by atoms with van der Waals surface area (Å²) in [4.78, 5) is 11.5. The Labute approximate surface area is 105 Å². The Morgan fingerprint density at radius 1 is 1.35 bits per heavy atom. The van der Waals surface area contributed by atoms with Gasteiger partial charge in [-0.15, -0.1) is 0 Å². The van der Waals surface area contributed by atoms with Crippen molar-refractivity contribution in [3.05, 3.63) is 12.7 Å². The Bertz CT molecular complexity index is 293. The van der Waals surface area contributed by atoms with Gasteiger partial charge in [0.1, 0.15) is 5.60 Å². The van der Waals surface area contributed by atoms with E-state index in [2.05, 4.69) is 41.2 Å². The van der Waals surface area contributed by atoms with Crippen molar-refractivity contribution < 1.29 is 9.53 Å². The van der Waals surface area contributed by atoms with Crippen LogP contribution in [-0.2, 0) is 9.53 Å². The first kappa shape index (κ1) is 14.3. The summed E-state index contributed by atoms with van der Waals surface area (Å²) in [7, 11) is 0. The first-order valence-electron chi connectivity index (χ1n) is 6.67. The average Bonchev–Trinajstić information content (AvgIpc) is 2.55. The van der Waals surface area contributed by atoms with E-state index in [9.17, 15) is 4.79 Å². The molecule has 3 atom stereocenters. The van der Waals surface area contributed by atoms with Gasteiger partial charge in [0.05, 0.1) is 0 Å². The molecule has 0 aromatic rings. The summed E-state index contributed by atoms with van der Waals surface area (Å²) in [6.07, 6.45) is 3.39. The second-order valence-electron chi connectivity index (χ2n) is 6.15. The quantitative estimate of drug-likeness (QED) is 0.550. The molecule has 2 nitrogen and oxygen atoms in total. The summed E-state index contributed by atoms with van der Waals surface area (Å²) in [6, 6.07) is 0. The zero-order valence-electron chi connectivity index (χ0n) is 11.8. The number of esters is 1. The van der Waals surface area contributed by atoms with E-state index in [-0.39, 0.29) is 11.6 Å². The highest BCUT2D eigenvalue weighted by Crippen LogP contribution is 2.49. The molecule has 0 spiro atoms. The molecule has 1 rings (SSSR count). The lowest BCUT2D eigenvalue weighted by molar-refractivity contribution is -0.158. The summed E-state index contributed by atoms with van der Waals surface area (Å²) < 4.78 is 5.65. The number of carbonyl (C=O) groups excluding carboxylic acids is 1. The highest BCUT2D eigenvalue weighted by Gasteiger charge is 2.49. The lowest BCUT2D eigenvalue weighted by Crippen LogP contribution is -2.40. The van der Waals surface area contributed by atoms with Gasteiger partial charge in [0.25, 0.3) is 0 Å². The molecule has 1 fully saturated rings. The van der Waals surface area contributed by atoms with Gasteiger partial charge in [-0.05, 0) is 37.5 Å². The number of hydrogen-bond donors (Lipinski definition) is 0. The van der Waals surface area contributed by atoms with E-state index in [0.717, 1.165) is 12.8 Å². The van der Waals surface area contributed by atoms with Gasteiger partial charge in [-0.3, -0.25) is 0 Å². The predicted molar refractivity (Wildman–Crippen MR) is 70.6 cm³/mol. The van der Waals surface area contributed by atoms with Crippen LogP contribution in [0.1, 0.15) is 47.5 Å². The first-order valence-corrected chi connectivity index (χ1v) is 6.67. The second-order valence-corrected chi connectivity index (χ2v) is 6.15. The third-order valence-corrected chi connectivity index (χ3v) is 4.22. The second kappa shape index (κ2) is 5.24. The van der Waals surface area contributed by atoms with E-state index in [1.165, 1.54) is 6.08 Å². The fourth-order valence-corrected chi connectivity index (χ4v) is 3.59. The molecule has 0 N–H and O–H groups in total. The number of hydrogen-bond acceptors (Lipinski definition) is 2. The maximum atomic E-state index is 11.5. The number of carbonyl (C=O) groups is 1. The molecule has 0 aliphatic heterocycles. The summed E-state index contributed by atoms with van der Waals surface area (Å²) in [6.45, 7) is 14.6. The Morgan fingerprint density at radius 3 is 2.35 bits per heavy atom. The maximum absolute atomic E-state index is 11.5. The Balaban J connectivity index is 2.91. The number of ether oxygens (including phenoxy) is 1. The minimum Gasteiger partial charge on any atom is -0.456 e. The maximum Gasteiger partial charge on any atom is 0.330 e. The first-order chi connectivity index (χ1) is 7.81. The van der Waals surface area contributed by atoms with Crippen molar-refractivity contribution in [2.45, 2.75) is 53.1 Å². The summed E-state index contributed by atoms with van der Waals surface area (Å²) in [5.74, 6) is 1.99. The molecule has 3 unspecified atom stereocenters. The summed E-state index contributed by atoms with van der Waals surface area (Å²) in [5, 5.41) is 0. The summed E-state index contributed by atoms with van der Waals surface area (Å²) in [5.41, 5.74) is -0.311. The molecule has 0 heterocycles. The fourth-order valence-electron chi connectivity index (χ4n) is 3.59. The van der Waals surface area contributed by atoms with Gasteiger partial charge < -0.3 is 4.74 Å². The normalized spacial score (nSPS) is 33.1. The molecular formula is C15H26O2. The van der Waals surface area contributed by atoms with Crippen LogP contribution >= 0.6 is 0 Å². The van der Waals surface area contributed by atoms with Crippen LogP contribution in [0.3, 0.4) is 0 Å². The van der Waals surface area contributed by atoms with Crippen LogP contribution in [0, 0.1) is 23.7 Å². The highest BCUT2D eigenvalue weighted by atomic mass is 16.6. The monoisotopic (exact) mass is 238 g/mol. The van der Waals surface area contributed by atoms with Crippen LogP contribution in [0.2, 0.25) is 0 Å². The molecule has 1 saturated carbocycles. The van der Waals surface area contributed by atoms with Crippen LogP contribution in [0.15, 0.2) is 12.7 Å². The SMILES string of the molecule is C=CC(=O)OC1(C)CCC(C(C)C)C1C(C)C. The van der Waals surface area contributed by atoms with E-state index in [0.29, 0.717) is 23.7 Å². The summed E-state index contributed by atoms with van der Waals surface area (Å²) >= 11 is 0. The Morgan fingerprint density at radius 2 is 1.94 bits per heavy atom. The molecule has 2 heteroatoms. The van der Waals surface area contributed by atoms with Gasteiger partial charge in [0.2, 0.25) is 0 Å². The third-order valence-electron chi connectivity index (χ3n) is 4.22. The molecule has 0 amide bonds. The standard InChI is InChI=1S/C15H26O2/c1-7-13(16)17-15(6)9-8-12(10(2)3)14(15)11(4)5/h7,10-12,14H,1,8-9H2,2-6H3. The average molecular weight is 238 g/mol. The van der Waals surface area contributed by atoms with E-state index in [4.69, 9.17) is 4.74 Å². The molecule has 17 heavy (non-hydrogen) atoms. The van der Waals surface area contributed by atoms with Gasteiger partial charge >= 0.3 is 5.97 Å². The molecule has 0 aromatic carbocycles. The largest absolute Gasteiger partial charge is 0.456 e. The Hall–Kier alpha value is -0.790. The molecular weight excluding hydrogens is 212 g/mol. The fraction of sp³-hybridized carbons (Fsp3) is 0.800. The smallest absolute Gasteiger partial charge is 0.330 e. The molecule has 0 aromatic heterocycles. The van der Waals surface area contributed by atoms with Crippen molar-refractivity contribution in [1.29, 1.82) is 0 Å². The van der Waals surface area contributed by atoms with Crippen LogP contribution in [0.5, 0.6) is 0 Å². The molecule has 98 valence electrons. The van der Waals surface area contributed by atoms with Crippen LogP contribution < -0.4 is 0 Å². The van der Waals surface area contributed by atoms with E-state index in [1.54, 1.807) is 0 Å². The van der Waals surface area contributed by atoms with E-state index < -0.39 is 0 Å². The predicted octanol–water partition coefficient (Wildman–Crippen LogP) is 3.81. The molecule has 1 aliphatic rings.